The fraction of sp³-hybridized carbons (Fsp3) is 0.550. The minimum Gasteiger partial charge on any atom is -1.00 e. The van der Waals surface area contributed by atoms with Crippen LogP contribution < -0.4 is 28.5 Å². The second-order valence-electron chi connectivity index (χ2n) is 6.76. The molecule has 2 aromatic rings. The van der Waals surface area contributed by atoms with Crippen LogP contribution in [0.4, 0.5) is 0 Å². The molecule has 1 saturated carbocycles. The Hall–Kier alpha value is 0.0900. The summed E-state index contributed by atoms with van der Waals surface area (Å²) in [5, 5.41) is 1.36. The first-order valence-electron chi connectivity index (χ1n) is 8.91. The Morgan fingerprint density at radius 3 is 2.61 bits per heavy atom. The smallest absolute Gasteiger partial charge is 0.212 e. The molecule has 0 amide bonds. The van der Waals surface area contributed by atoms with Crippen LogP contribution in [0.1, 0.15) is 57.8 Å². The van der Waals surface area contributed by atoms with Crippen LogP contribution in [0.2, 0.25) is 0 Å². The third-order valence-corrected chi connectivity index (χ3v) is 5.64. The van der Waals surface area contributed by atoms with Gasteiger partial charge in [-0.1, -0.05) is 57.1 Å². The minimum atomic E-state index is 0. The van der Waals surface area contributed by atoms with Crippen LogP contribution in [-0.4, -0.2) is 0 Å². The number of hydrogen-bond donors (Lipinski definition) is 0. The summed E-state index contributed by atoms with van der Waals surface area (Å²) >= 11 is 2.43. The van der Waals surface area contributed by atoms with Crippen molar-refractivity contribution in [2.45, 2.75) is 64.3 Å². The molecule has 0 saturated heterocycles. The largest absolute Gasteiger partial charge is 1.00 e. The van der Waals surface area contributed by atoms with Gasteiger partial charge < -0.3 is 24.0 Å². The lowest BCUT2D eigenvalue weighted by atomic mass is 9.85. The molecule has 0 aliphatic heterocycles. The third kappa shape index (κ3) is 5.83. The number of unbranched alkanes of at least 4 members (excludes halogenated alkanes) is 2. The van der Waals surface area contributed by atoms with E-state index in [-0.39, 0.29) is 24.0 Å². The summed E-state index contributed by atoms with van der Waals surface area (Å²) < 4.78 is 3.77. The molecular weight excluding hydrogens is 508 g/mol. The number of hydrogen-bond acceptors (Lipinski definition) is 0. The summed E-state index contributed by atoms with van der Waals surface area (Å²) in [5.74, 6) is 1.04. The zero-order valence-electron chi connectivity index (χ0n) is 13.8. The van der Waals surface area contributed by atoms with Crippen LogP contribution in [0.15, 0.2) is 36.5 Å². The summed E-state index contributed by atoms with van der Waals surface area (Å²) in [6, 6.07) is 11.0. The van der Waals surface area contributed by atoms with Gasteiger partial charge in [-0.25, -0.2) is 0 Å². The van der Waals surface area contributed by atoms with E-state index in [0.717, 1.165) is 12.5 Å². The van der Waals surface area contributed by atoms with Crippen LogP contribution in [-0.2, 0) is 6.54 Å². The van der Waals surface area contributed by atoms with Gasteiger partial charge in [0.1, 0.15) is 6.54 Å². The van der Waals surface area contributed by atoms with Crippen molar-refractivity contribution in [1.82, 2.24) is 0 Å². The SMILES string of the molecule is Ic1cc2ccccc2[n+](CCCCCC2CCCCC2)c1.[I-]. The van der Waals surface area contributed by atoms with E-state index in [0.29, 0.717) is 0 Å². The first kappa shape index (κ1) is 19.4. The average molecular weight is 535 g/mol. The highest BCUT2D eigenvalue weighted by Crippen LogP contribution is 2.27. The van der Waals surface area contributed by atoms with Crippen molar-refractivity contribution < 1.29 is 28.5 Å². The number of rotatable bonds is 6. The standard InChI is InChI=1S/C20H27IN.HI/c21-19-15-18-12-6-7-13-20(18)22(16-19)14-8-2-5-11-17-9-3-1-4-10-17;/h6-7,12-13,15-17H,1-5,8-11,14H2;1H/q+1;/p-1. The predicted molar refractivity (Wildman–Crippen MR) is 102 cm³/mol. The number of benzene rings is 1. The maximum Gasteiger partial charge on any atom is 0.212 e. The van der Waals surface area contributed by atoms with E-state index >= 15 is 0 Å². The van der Waals surface area contributed by atoms with Gasteiger partial charge in [-0.2, -0.15) is 4.57 Å². The molecular formula is C20H27I2N. The molecule has 0 atom stereocenters. The molecule has 1 fully saturated rings. The van der Waals surface area contributed by atoms with Gasteiger partial charge in [0.2, 0.25) is 5.52 Å². The molecule has 0 spiro atoms. The zero-order valence-corrected chi connectivity index (χ0v) is 18.1. The van der Waals surface area contributed by atoms with Crippen molar-refractivity contribution in [2.75, 3.05) is 0 Å². The first-order valence-corrected chi connectivity index (χ1v) is 9.98. The molecule has 0 unspecified atom stereocenters. The topological polar surface area (TPSA) is 3.88 Å². The van der Waals surface area contributed by atoms with Crippen molar-refractivity contribution >= 4 is 33.5 Å². The lowest BCUT2D eigenvalue weighted by Gasteiger charge is -2.21. The summed E-state index contributed by atoms with van der Waals surface area (Å²) in [4.78, 5) is 0. The van der Waals surface area contributed by atoms with Gasteiger partial charge in [0.15, 0.2) is 6.20 Å². The number of aryl methyl sites for hydroxylation is 1. The maximum atomic E-state index is 2.44. The molecule has 1 nitrogen and oxygen atoms in total. The highest BCUT2D eigenvalue weighted by atomic mass is 127. The van der Waals surface area contributed by atoms with Gasteiger partial charge in [-0.3, -0.25) is 0 Å². The van der Waals surface area contributed by atoms with Crippen LogP contribution >= 0.6 is 22.6 Å². The quantitative estimate of drug-likeness (QED) is 0.305. The third-order valence-electron chi connectivity index (χ3n) is 5.05. The van der Waals surface area contributed by atoms with E-state index in [2.05, 4.69) is 63.7 Å². The van der Waals surface area contributed by atoms with Gasteiger partial charge in [0.25, 0.3) is 0 Å². The van der Waals surface area contributed by atoms with E-state index < -0.39 is 0 Å². The van der Waals surface area contributed by atoms with Crippen LogP contribution in [0.5, 0.6) is 0 Å². The Kier molecular flexibility index (Phi) is 8.58. The fourth-order valence-electron chi connectivity index (χ4n) is 3.83. The van der Waals surface area contributed by atoms with Gasteiger partial charge in [0, 0.05) is 17.9 Å². The second-order valence-corrected chi connectivity index (χ2v) is 8.01. The van der Waals surface area contributed by atoms with Crippen molar-refractivity contribution in [3.8, 4) is 0 Å². The molecule has 23 heavy (non-hydrogen) atoms. The highest BCUT2D eigenvalue weighted by Gasteiger charge is 2.13. The van der Waals surface area contributed by atoms with E-state index in [1.54, 1.807) is 0 Å². The first-order chi connectivity index (χ1) is 10.8. The number of halogens is 2. The average Bonchev–Trinajstić information content (AvgIpc) is 2.55. The molecule has 0 bridgehead atoms. The monoisotopic (exact) mass is 535 g/mol. The highest BCUT2D eigenvalue weighted by molar-refractivity contribution is 14.1. The number of fused-ring (bicyclic) bond motifs is 1. The Balaban J connectivity index is 0.00000192. The van der Waals surface area contributed by atoms with Crippen molar-refractivity contribution in [3.05, 3.63) is 40.1 Å². The molecule has 126 valence electrons. The summed E-state index contributed by atoms with van der Waals surface area (Å²) in [6.45, 7) is 1.15. The van der Waals surface area contributed by atoms with E-state index in [4.69, 9.17) is 0 Å². The van der Waals surface area contributed by atoms with Gasteiger partial charge in [0.05, 0.1) is 3.57 Å². The number of aromatic nitrogens is 1. The molecule has 1 aromatic carbocycles. The van der Waals surface area contributed by atoms with E-state index in [1.807, 2.05) is 0 Å². The molecule has 1 aliphatic carbocycles. The predicted octanol–water partition coefficient (Wildman–Crippen LogP) is 2.88. The lowest BCUT2D eigenvalue weighted by Crippen LogP contribution is -3.00. The van der Waals surface area contributed by atoms with Gasteiger partial charge >= 0.3 is 0 Å². The van der Waals surface area contributed by atoms with E-state index in [1.165, 1.54) is 72.3 Å². The molecule has 0 N–H and O–H groups in total. The molecule has 1 aliphatic rings. The Labute approximate surface area is 171 Å². The number of pyridine rings is 1. The Morgan fingerprint density at radius 2 is 1.78 bits per heavy atom. The van der Waals surface area contributed by atoms with Crippen molar-refractivity contribution in [1.29, 1.82) is 0 Å². The molecule has 3 rings (SSSR count). The Morgan fingerprint density at radius 1 is 1.00 bits per heavy atom. The molecule has 3 heteroatoms. The second kappa shape index (κ2) is 10.2. The summed E-state index contributed by atoms with van der Waals surface area (Å²) in [5.41, 5.74) is 1.37. The molecule has 0 radical (unpaired) electrons. The number of nitrogens with zero attached hydrogens (tertiary/aromatic N) is 1. The summed E-state index contributed by atoms with van der Waals surface area (Å²) in [7, 11) is 0. The van der Waals surface area contributed by atoms with Crippen molar-refractivity contribution in [3.63, 3.8) is 0 Å². The van der Waals surface area contributed by atoms with Crippen LogP contribution in [0, 0.1) is 9.49 Å². The molecule has 1 aromatic heterocycles. The zero-order chi connectivity index (χ0) is 15.2. The normalized spacial score (nSPS) is 15.5. The minimum absolute atomic E-state index is 0. The fourth-order valence-corrected chi connectivity index (χ4v) is 4.50. The van der Waals surface area contributed by atoms with E-state index in [9.17, 15) is 0 Å². The van der Waals surface area contributed by atoms with Crippen LogP contribution in [0.3, 0.4) is 0 Å². The molecule has 1 heterocycles. The lowest BCUT2D eigenvalue weighted by molar-refractivity contribution is -0.672. The summed E-state index contributed by atoms with van der Waals surface area (Å²) in [6.07, 6.45) is 15.3. The van der Waals surface area contributed by atoms with Gasteiger partial charge in [-0.15, -0.1) is 0 Å². The Bertz CT molecular complexity index is 606. The maximum absolute atomic E-state index is 2.44. The van der Waals surface area contributed by atoms with Crippen LogP contribution in [0.25, 0.3) is 10.9 Å². The van der Waals surface area contributed by atoms with Gasteiger partial charge in [-0.05, 0) is 47.1 Å². The number of para-hydroxylation sites is 1. The van der Waals surface area contributed by atoms with Crippen molar-refractivity contribution in [2.24, 2.45) is 5.92 Å².